The van der Waals surface area contributed by atoms with Crippen LogP contribution in [0, 0.1) is 12.8 Å². The number of rotatable bonds is 5. The van der Waals surface area contributed by atoms with Crippen LogP contribution in [0.5, 0.6) is 0 Å². The third-order valence-corrected chi connectivity index (χ3v) is 2.78. The Balaban J connectivity index is 2.61. The first-order valence-electron chi connectivity index (χ1n) is 5.84. The topological polar surface area (TPSA) is 29.9 Å². The maximum Gasteiger partial charge on any atom is 0.0825 e. The number of hydrogen-bond acceptors (Lipinski definition) is 2. The van der Waals surface area contributed by atoms with Crippen molar-refractivity contribution in [2.75, 3.05) is 11.9 Å². The largest absolute Gasteiger partial charge is 0.382 e. The van der Waals surface area contributed by atoms with Gasteiger partial charge in [0.05, 0.1) is 11.4 Å². The van der Waals surface area contributed by atoms with Crippen molar-refractivity contribution in [2.45, 2.75) is 47.1 Å². The number of anilines is 1. The smallest absolute Gasteiger partial charge is 0.0825 e. The highest BCUT2D eigenvalue weighted by Crippen LogP contribution is 2.16. The minimum Gasteiger partial charge on any atom is -0.382 e. The highest BCUT2D eigenvalue weighted by molar-refractivity contribution is 5.45. The van der Waals surface area contributed by atoms with Gasteiger partial charge in [-0.2, -0.15) is 5.10 Å². The molecule has 0 aliphatic heterocycles. The van der Waals surface area contributed by atoms with Crippen molar-refractivity contribution < 1.29 is 0 Å². The predicted octanol–water partition coefficient (Wildman–Crippen LogP) is 3.23. The molecular formula is C12H23N3. The molecule has 3 nitrogen and oxygen atoms in total. The molecule has 1 atom stereocenters. The van der Waals surface area contributed by atoms with Crippen molar-refractivity contribution in [3.8, 4) is 0 Å². The molecule has 0 amide bonds. The van der Waals surface area contributed by atoms with Gasteiger partial charge in [0.1, 0.15) is 0 Å². The van der Waals surface area contributed by atoms with Crippen molar-refractivity contribution in [3.05, 3.63) is 11.9 Å². The van der Waals surface area contributed by atoms with E-state index in [1.165, 1.54) is 12.1 Å². The van der Waals surface area contributed by atoms with E-state index >= 15 is 0 Å². The molecule has 15 heavy (non-hydrogen) atoms. The molecule has 0 saturated heterocycles. The van der Waals surface area contributed by atoms with Crippen LogP contribution in [-0.2, 0) is 0 Å². The fourth-order valence-electron chi connectivity index (χ4n) is 1.35. The quantitative estimate of drug-likeness (QED) is 0.807. The third-order valence-electron chi connectivity index (χ3n) is 2.78. The van der Waals surface area contributed by atoms with Gasteiger partial charge < -0.3 is 5.32 Å². The summed E-state index contributed by atoms with van der Waals surface area (Å²) in [5.74, 6) is 0.715. The van der Waals surface area contributed by atoms with Gasteiger partial charge in [0.2, 0.25) is 0 Å². The Morgan fingerprint density at radius 2 is 2.07 bits per heavy atom. The van der Waals surface area contributed by atoms with Crippen LogP contribution in [0.2, 0.25) is 0 Å². The molecule has 0 spiro atoms. The van der Waals surface area contributed by atoms with Gasteiger partial charge in [0, 0.05) is 18.8 Å². The highest BCUT2D eigenvalue weighted by Gasteiger charge is 2.07. The molecule has 1 heterocycles. The van der Waals surface area contributed by atoms with Gasteiger partial charge in [-0.25, -0.2) is 0 Å². The summed E-state index contributed by atoms with van der Waals surface area (Å²) < 4.78 is 2.01. The van der Waals surface area contributed by atoms with E-state index in [1.807, 2.05) is 4.68 Å². The molecule has 1 N–H and O–H groups in total. The summed E-state index contributed by atoms with van der Waals surface area (Å²) >= 11 is 0. The maximum atomic E-state index is 4.47. The molecule has 1 aromatic heterocycles. The standard InChI is InChI=1S/C12H23N3/c1-6-10(4)7-13-12-8-15(9(2)3)14-11(12)5/h8-10,13H,6-7H2,1-5H3. The van der Waals surface area contributed by atoms with Crippen LogP contribution in [-0.4, -0.2) is 16.3 Å². The molecule has 1 rings (SSSR count). The van der Waals surface area contributed by atoms with Gasteiger partial charge in [0.25, 0.3) is 0 Å². The Morgan fingerprint density at radius 1 is 1.40 bits per heavy atom. The Labute approximate surface area is 92.9 Å². The van der Waals surface area contributed by atoms with Crippen LogP contribution in [0.1, 0.15) is 45.9 Å². The molecule has 3 heteroatoms. The van der Waals surface area contributed by atoms with Crippen LogP contribution in [0.3, 0.4) is 0 Å². The van der Waals surface area contributed by atoms with Gasteiger partial charge >= 0.3 is 0 Å². The summed E-state index contributed by atoms with van der Waals surface area (Å²) in [6, 6.07) is 0.433. The van der Waals surface area contributed by atoms with E-state index in [0.29, 0.717) is 12.0 Å². The van der Waals surface area contributed by atoms with Gasteiger partial charge in [-0.3, -0.25) is 4.68 Å². The fraction of sp³-hybridized carbons (Fsp3) is 0.750. The molecule has 0 aliphatic carbocycles. The van der Waals surface area contributed by atoms with E-state index in [4.69, 9.17) is 0 Å². The van der Waals surface area contributed by atoms with Crippen molar-refractivity contribution in [3.63, 3.8) is 0 Å². The first-order chi connectivity index (χ1) is 7.04. The van der Waals surface area contributed by atoms with Gasteiger partial charge in [0.15, 0.2) is 0 Å². The Bertz CT molecular complexity index is 302. The second kappa shape index (κ2) is 5.19. The molecule has 0 aromatic carbocycles. The summed E-state index contributed by atoms with van der Waals surface area (Å²) in [4.78, 5) is 0. The van der Waals surface area contributed by atoms with E-state index < -0.39 is 0 Å². The van der Waals surface area contributed by atoms with E-state index in [9.17, 15) is 0 Å². The average Bonchev–Trinajstić information content (AvgIpc) is 2.56. The van der Waals surface area contributed by atoms with Gasteiger partial charge in [-0.1, -0.05) is 20.3 Å². The van der Waals surface area contributed by atoms with Crippen LogP contribution in [0.25, 0.3) is 0 Å². The zero-order chi connectivity index (χ0) is 11.4. The summed E-state index contributed by atoms with van der Waals surface area (Å²) in [5.41, 5.74) is 2.26. The molecule has 0 bridgehead atoms. The maximum absolute atomic E-state index is 4.47. The number of hydrogen-bond donors (Lipinski definition) is 1. The summed E-state index contributed by atoms with van der Waals surface area (Å²) in [7, 11) is 0. The van der Waals surface area contributed by atoms with Crippen molar-refractivity contribution in [2.24, 2.45) is 5.92 Å². The molecule has 86 valence electrons. The Hall–Kier alpha value is -0.990. The second-order valence-electron chi connectivity index (χ2n) is 4.60. The summed E-state index contributed by atoms with van der Waals surface area (Å²) in [5, 5.41) is 7.92. The first-order valence-corrected chi connectivity index (χ1v) is 5.84. The molecule has 0 aliphatic rings. The molecule has 1 unspecified atom stereocenters. The number of nitrogens with zero attached hydrogens (tertiary/aromatic N) is 2. The third kappa shape index (κ3) is 3.26. The summed E-state index contributed by atoms with van der Waals surface area (Å²) in [6.07, 6.45) is 3.31. The number of aryl methyl sites for hydroxylation is 1. The monoisotopic (exact) mass is 209 g/mol. The minimum absolute atomic E-state index is 0.433. The number of aromatic nitrogens is 2. The van der Waals surface area contributed by atoms with Crippen LogP contribution >= 0.6 is 0 Å². The van der Waals surface area contributed by atoms with Crippen molar-refractivity contribution in [1.82, 2.24) is 9.78 Å². The number of nitrogens with one attached hydrogen (secondary N) is 1. The van der Waals surface area contributed by atoms with E-state index in [0.717, 1.165) is 12.2 Å². The van der Waals surface area contributed by atoms with E-state index in [2.05, 4.69) is 51.2 Å². The van der Waals surface area contributed by atoms with Crippen molar-refractivity contribution in [1.29, 1.82) is 0 Å². The minimum atomic E-state index is 0.433. The van der Waals surface area contributed by atoms with Gasteiger partial charge in [-0.05, 0) is 26.7 Å². The first kappa shape index (κ1) is 12.1. The Morgan fingerprint density at radius 3 is 2.53 bits per heavy atom. The second-order valence-corrected chi connectivity index (χ2v) is 4.60. The Kier molecular flexibility index (Phi) is 4.18. The summed E-state index contributed by atoms with van der Waals surface area (Å²) in [6.45, 7) is 11.8. The lowest BCUT2D eigenvalue weighted by Crippen LogP contribution is -2.10. The molecule has 0 radical (unpaired) electrons. The van der Waals surface area contributed by atoms with Crippen LogP contribution in [0.15, 0.2) is 6.20 Å². The fourth-order valence-corrected chi connectivity index (χ4v) is 1.35. The van der Waals surface area contributed by atoms with Gasteiger partial charge in [-0.15, -0.1) is 0 Å². The van der Waals surface area contributed by atoms with Crippen LogP contribution < -0.4 is 5.32 Å². The zero-order valence-corrected chi connectivity index (χ0v) is 10.5. The SMILES string of the molecule is CCC(C)CNc1cn(C(C)C)nc1C. The lowest BCUT2D eigenvalue weighted by atomic mass is 10.1. The zero-order valence-electron chi connectivity index (χ0n) is 10.5. The van der Waals surface area contributed by atoms with E-state index in [-0.39, 0.29) is 0 Å². The molecule has 0 saturated carbocycles. The highest BCUT2D eigenvalue weighted by atomic mass is 15.3. The predicted molar refractivity (Wildman–Crippen MR) is 65.3 cm³/mol. The molecular weight excluding hydrogens is 186 g/mol. The molecule has 0 fully saturated rings. The lowest BCUT2D eigenvalue weighted by Gasteiger charge is -2.10. The van der Waals surface area contributed by atoms with Crippen LogP contribution in [0.4, 0.5) is 5.69 Å². The normalized spacial score (nSPS) is 13.2. The molecule has 1 aromatic rings. The average molecular weight is 209 g/mol. The van der Waals surface area contributed by atoms with E-state index in [1.54, 1.807) is 0 Å². The van der Waals surface area contributed by atoms with Crippen molar-refractivity contribution >= 4 is 5.69 Å². The lowest BCUT2D eigenvalue weighted by molar-refractivity contribution is 0.529.